The summed E-state index contributed by atoms with van der Waals surface area (Å²) < 4.78 is 5.29. The molecular formula is C27H37Cl3N4O2. The molecule has 0 aliphatic carbocycles. The van der Waals surface area contributed by atoms with Crippen molar-refractivity contribution in [3.8, 4) is 5.75 Å². The lowest BCUT2D eigenvalue weighted by molar-refractivity contribution is 0.0933. The molecule has 0 atom stereocenters. The van der Waals surface area contributed by atoms with E-state index in [1.807, 2.05) is 18.2 Å². The minimum Gasteiger partial charge on any atom is -0.496 e. The van der Waals surface area contributed by atoms with Crippen LogP contribution >= 0.6 is 34.8 Å². The number of carbonyl (C=O) groups is 1. The molecular weight excluding hydrogens is 519 g/mol. The summed E-state index contributed by atoms with van der Waals surface area (Å²) >= 11 is 18.1. The number of ether oxygens (including phenoxy) is 1. The average Bonchev–Trinajstić information content (AvgIpc) is 2.88. The van der Waals surface area contributed by atoms with Gasteiger partial charge in [-0.05, 0) is 81.5 Å². The lowest BCUT2D eigenvalue weighted by Gasteiger charge is -2.32. The number of nitrogen functional groups attached to an aromatic ring is 1. The quantitative estimate of drug-likeness (QED) is 0.208. The predicted octanol–water partition coefficient (Wildman–Crippen LogP) is 6.03. The van der Waals surface area contributed by atoms with E-state index in [1.165, 1.54) is 32.8 Å². The van der Waals surface area contributed by atoms with Gasteiger partial charge in [-0.2, -0.15) is 0 Å². The van der Waals surface area contributed by atoms with Gasteiger partial charge < -0.3 is 26.0 Å². The average molecular weight is 556 g/mol. The molecule has 1 aliphatic rings. The van der Waals surface area contributed by atoms with Crippen LogP contribution in [0.15, 0.2) is 30.3 Å². The highest BCUT2D eigenvalue weighted by Gasteiger charge is 2.21. The second kappa shape index (κ2) is 14.9. The zero-order valence-corrected chi connectivity index (χ0v) is 23.2. The first kappa shape index (κ1) is 28.9. The first-order valence-corrected chi connectivity index (χ1v) is 13.8. The summed E-state index contributed by atoms with van der Waals surface area (Å²) in [5.41, 5.74) is 7.78. The summed E-state index contributed by atoms with van der Waals surface area (Å²) in [7, 11) is 1.52. The molecule has 0 radical (unpaired) electrons. The van der Waals surface area contributed by atoms with Gasteiger partial charge in [0.1, 0.15) is 5.75 Å². The molecule has 0 saturated carbocycles. The number of amides is 1. The number of nitrogens with zero attached hydrogens (tertiary/aromatic N) is 1. The number of piperidine rings is 1. The van der Waals surface area contributed by atoms with E-state index in [9.17, 15) is 4.79 Å². The molecule has 0 bridgehead atoms. The van der Waals surface area contributed by atoms with E-state index in [-0.39, 0.29) is 5.91 Å². The van der Waals surface area contributed by atoms with Gasteiger partial charge >= 0.3 is 0 Å². The van der Waals surface area contributed by atoms with Gasteiger partial charge in [0.2, 0.25) is 0 Å². The van der Waals surface area contributed by atoms with E-state index < -0.39 is 0 Å². The Morgan fingerprint density at radius 2 is 1.78 bits per heavy atom. The van der Waals surface area contributed by atoms with Crippen molar-refractivity contribution in [2.75, 3.05) is 45.6 Å². The molecule has 3 rings (SSSR count). The van der Waals surface area contributed by atoms with E-state index >= 15 is 0 Å². The Bertz CT molecular complexity index is 997. The molecule has 1 aliphatic heterocycles. The van der Waals surface area contributed by atoms with Crippen LogP contribution in [0, 0.1) is 5.92 Å². The molecule has 4 N–H and O–H groups in total. The van der Waals surface area contributed by atoms with Gasteiger partial charge in [0.05, 0.1) is 33.4 Å². The lowest BCUT2D eigenvalue weighted by Crippen LogP contribution is -2.39. The summed E-state index contributed by atoms with van der Waals surface area (Å²) in [4.78, 5) is 15.2. The fourth-order valence-corrected chi connectivity index (χ4v) is 4.97. The number of likely N-dealkylation sites (tertiary alicyclic amines) is 1. The summed E-state index contributed by atoms with van der Waals surface area (Å²) in [6.07, 6.45) is 7.07. The molecule has 9 heteroatoms. The Labute approximate surface area is 229 Å². The van der Waals surface area contributed by atoms with Crippen molar-refractivity contribution >= 4 is 46.4 Å². The largest absolute Gasteiger partial charge is 0.496 e. The lowest BCUT2D eigenvalue weighted by atomic mass is 9.96. The van der Waals surface area contributed by atoms with Crippen LogP contribution in [0.5, 0.6) is 5.75 Å². The Kier molecular flexibility index (Phi) is 11.9. The number of benzene rings is 2. The van der Waals surface area contributed by atoms with Crippen molar-refractivity contribution in [1.29, 1.82) is 0 Å². The Hall–Kier alpha value is -1.70. The minimum atomic E-state index is -0.178. The van der Waals surface area contributed by atoms with Gasteiger partial charge in [-0.1, -0.05) is 53.7 Å². The van der Waals surface area contributed by atoms with Crippen LogP contribution in [0.3, 0.4) is 0 Å². The first-order valence-electron chi connectivity index (χ1n) is 12.7. The molecule has 1 amide bonds. The van der Waals surface area contributed by atoms with Crippen LogP contribution in [-0.4, -0.2) is 50.6 Å². The van der Waals surface area contributed by atoms with Gasteiger partial charge in [0.15, 0.2) is 0 Å². The smallest absolute Gasteiger partial charge is 0.255 e. The number of nitrogens with two attached hydrogens (primary N) is 1. The molecule has 1 heterocycles. The number of hydrogen-bond acceptors (Lipinski definition) is 5. The SMILES string of the molecule is COc1cc(N)c(Cl)cc1C(=O)NCC1CCN(CCCCCCNCc2ccc(Cl)c(Cl)c2)CC1. The van der Waals surface area contributed by atoms with Crippen molar-refractivity contribution in [3.63, 3.8) is 0 Å². The van der Waals surface area contributed by atoms with Gasteiger partial charge in [-0.15, -0.1) is 0 Å². The third kappa shape index (κ3) is 9.00. The monoisotopic (exact) mass is 554 g/mol. The van der Waals surface area contributed by atoms with Gasteiger partial charge in [0, 0.05) is 19.2 Å². The fraction of sp³-hybridized carbons (Fsp3) is 0.519. The normalized spacial score (nSPS) is 14.7. The predicted molar refractivity (Wildman–Crippen MR) is 151 cm³/mol. The third-order valence-electron chi connectivity index (χ3n) is 6.71. The summed E-state index contributed by atoms with van der Waals surface area (Å²) in [6, 6.07) is 8.92. The second-order valence-electron chi connectivity index (χ2n) is 9.41. The maximum atomic E-state index is 12.6. The summed E-state index contributed by atoms with van der Waals surface area (Å²) in [5, 5.41) is 8.07. The molecule has 0 aromatic heterocycles. The van der Waals surface area contributed by atoms with Crippen molar-refractivity contribution in [3.05, 3.63) is 56.5 Å². The zero-order valence-electron chi connectivity index (χ0n) is 20.9. The summed E-state index contributed by atoms with van der Waals surface area (Å²) in [6.45, 7) is 5.80. The maximum Gasteiger partial charge on any atom is 0.255 e. The van der Waals surface area contributed by atoms with Crippen molar-refractivity contribution in [2.45, 2.75) is 45.1 Å². The second-order valence-corrected chi connectivity index (χ2v) is 10.6. The number of rotatable bonds is 13. The third-order valence-corrected chi connectivity index (χ3v) is 7.78. The number of halogens is 3. The summed E-state index contributed by atoms with van der Waals surface area (Å²) in [5.74, 6) is 0.746. The highest BCUT2D eigenvalue weighted by molar-refractivity contribution is 6.42. The minimum absolute atomic E-state index is 0.178. The van der Waals surface area contributed by atoms with Crippen molar-refractivity contribution in [1.82, 2.24) is 15.5 Å². The highest BCUT2D eigenvalue weighted by atomic mass is 35.5. The fourth-order valence-electron chi connectivity index (χ4n) is 4.48. The molecule has 2 aromatic rings. The Balaban J connectivity index is 1.23. The molecule has 36 heavy (non-hydrogen) atoms. The van der Waals surface area contributed by atoms with Gasteiger partial charge in [-0.25, -0.2) is 0 Å². The Morgan fingerprint density at radius 1 is 1.03 bits per heavy atom. The number of methoxy groups -OCH3 is 1. The molecule has 1 saturated heterocycles. The van der Waals surface area contributed by atoms with Crippen molar-refractivity contribution in [2.24, 2.45) is 5.92 Å². The van der Waals surface area contributed by atoms with E-state index in [0.29, 0.717) is 44.5 Å². The topological polar surface area (TPSA) is 79.6 Å². The molecule has 0 spiro atoms. The van der Waals surface area contributed by atoms with Crippen LogP contribution in [-0.2, 0) is 6.54 Å². The van der Waals surface area contributed by atoms with Gasteiger partial charge in [-0.3, -0.25) is 4.79 Å². The van der Waals surface area contributed by atoms with E-state index in [2.05, 4.69) is 15.5 Å². The van der Waals surface area contributed by atoms with Crippen molar-refractivity contribution < 1.29 is 9.53 Å². The maximum absolute atomic E-state index is 12.6. The van der Waals surface area contributed by atoms with E-state index in [1.54, 1.807) is 12.1 Å². The van der Waals surface area contributed by atoms with Gasteiger partial charge in [0.25, 0.3) is 5.91 Å². The number of carbonyl (C=O) groups excluding carboxylic acids is 1. The van der Waals surface area contributed by atoms with Crippen LogP contribution in [0.1, 0.15) is 54.4 Å². The molecule has 0 unspecified atom stereocenters. The van der Waals surface area contributed by atoms with E-state index in [0.717, 1.165) is 51.1 Å². The van der Waals surface area contributed by atoms with Crippen LogP contribution in [0.2, 0.25) is 15.1 Å². The zero-order chi connectivity index (χ0) is 25.9. The van der Waals surface area contributed by atoms with Crippen LogP contribution in [0.4, 0.5) is 5.69 Å². The number of anilines is 1. The highest BCUT2D eigenvalue weighted by Crippen LogP contribution is 2.29. The molecule has 1 fully saturated rings. The molecule has 6 nitrogen and oxygen atoms in total. The van der Waals surface area contributed by atoms with Crippen LogP contribution in [0.25, 0.3) is 0 Å². The molecule has 198 valence electrons. The first-order chi connectivity index (χ1) is 17.4. The number of nitrogens with one attached hydrogen (secondary N) is 2. The van der Waals surface area contributed by atoms with Crippen LogP contribution < -0.4 is 21.1 Å². The number of hydrogen-bond donors (Lipinski definition) is 3. The number of unbranched alkanes of at least 4 members (excludes halogenated alkanes) is 3. The Morgan fingerprint density at radius 3 is 2.50 bits per heavy atom. The standard InChI is InChI=1S/C27H37Cl3N4O2/c1-36-26-16-25(31)24(30)15-21(26)27(35)33-18-19-8-12-34(13-9-19)11-5-3-2-4-10-32-17-20-6-7-22(28)23(29)14-20/h6-7,14-16,19,32H,2-5,8-13,17-18,31H2,1H3,(H,33,35). The molecule has 2 aromatic carbocycles. The van der Waals surface area contributed by atoms with E-state index in [4.69, 9.17) is 45.3 Å².